The van der Waals surface area contributed by atoms with E-state index < -0.39 is 0 Å². The van der Waals surface area contributed by atoms with Crippen molar-refractivity contribution in [2.24, 2.45) is 5.84 Å². The Labute approximate surface area is 115 Å². The SMILES string of the molecule is Cc1cc(-c2nc(C)c(C)c(NN)n2)ccc1Br. The molecule has 0 radical (unpaired) electrons. The van der Waals surface area contributed by atoms with Gasteiger partial charge in [0.2, 0.25) is 0 Å². The lowest BCUT2D eigenvalue weighted by Crippen LogP contribution is -2.12. The van der Waals surface area contributed by atoms with Gasteiger partial charge in [-0.25, -0.2) is 15.8 Å². The Morgan fingerprint density at radius 1 is 1.17 bits per heavy atom. The van der Waals surface area contributed by atoms with E-state index in [1.165, 1.54) is 0 Å². The number of nitrogen functional groups attached to an aromatic ring is 1. The first kappa shape index (κ1) is 13.0. The average Bonchev–Trinajstić information content (AvgIpc) is 2.36. The highest BCUT2D eigenvalue weighted by molar-refractivity contribution is 9.10. The number of benzene rings is 1. The fraction of sp³-hybridized carbons (Fsp3) is 0.231. The van der Waals surface area contributed by atoms with Gasteiger partial charge < -0.3 is 5.43 Å². The summed E-state index contributed by atoms with van der Waals surface area (Å²) in [4.78, 5) is 8.93. The lowest BCUT2D eigenvalue weighted by atomic mass is 10.1. The van der Waals surface area contributed by atoms with Crippen molar-refractivity contribution >= 4 is 21.7 Å². The van der Waals surface area contributed by atoms with Gasteiger partial charge in [0.05, 0.1) is 0 Å². The predicted molar refractivity (Wildman–Crippen MR) is 77.2 cm³/mol. The molecule has 5 heteroatoms. The molecule has 3 N–H and O–H groups in total. The molecule has 0 fully saturated rings. The van der Waals surface area contributed by atoms with Crippen LogP contribution in [0.1, 0.15) is 16.8 Å². The number of nitrogens with zero attached hydrogens (tertiary/aromatic N) is 2. The van der Waals surface area contributed by atoms with E-state index in [0.29, 0.717) is 11.6 Å². The van der Waals surface area contributed by atoms with Gasteiger partial charge >= 0.3 is 0 Å². The number of aryl methyl sites for hydroxylation is 2. The van der Waals surface area contributed by atoms with Gasteiger partial charge in [-0.1, -0.05) is 22.0 Å². The van der Waals surface area contributed by atoms with E-state index in [0.717, 1.165) is 26.9 Å². The number of nitrogens with two attached hydrogens (primary N) is 1. The Balaban J connectivity index is 2.57. The maximum Gasteiger partial charge on any atom is 0.161 e. The zero-order valence-corrected chi connectivity index (χ0v) is 12.2. The molecular formula is C13H15BrN4. The van der Waals surface area contributed by atoms with E-state index in [9.17, 15) is 0 Å². The normalized spacial score (nSPS) is 10.5. The molecule has 0 saturated heterocycles. The molecular weight excluding hydrogens is 292 g/mol. The minimum Gasteiger partial charge on any atom is -0.308 e. The van der Waals surface area contributed by atoms with Crippen molar-refractivity contribution in [1.29, 1.82) is 0 Å². The number of halogens is 1. The van der Waals surface area contributed by atoms with Crippen molar-refractivity contribution in [2.45, 2.75) is 20.8 Å². The second-order valence-corrected chi connectivity index (χ2v) is 5.07. The van der Waals surface area contributed by atoms with Crippen LogP contribution in [0, 0.1) is 20.8 Å². The molecule has 0 aliphatic carbocycles. The predicted octanol–water partition coefficient (Wildman–Crippen LogP) is 3.12. The third kappa shape index (κ3) is 2.37. The molecule has 0 aliphatic rings. The second-order valence-electron chi connectivity index (χ2n) is 4.21. The van der Waals surface area contributed by atoms with Crippen LogP contribution in [0.3, 0.4) is 0 Å². The molecule has 1 heterocycles. The van der Waals surface area contributed by atoms with Crippen LogP contribution in [0.25, 0.3) is 11.4 Å². The fourth-order valence-electron chi connectivity index (χ4n) is 1.68. The minimum absolute atomic E-state index is 0.665. The molecule has 1 aromatic heterocycles. The Morgan fingerprint density at radius 2 is 1.89 bits per heavy atom. The molecule has 0 unspecified atom stereocenters. The summed E-state index contributed by atoms with van der Waals surface area (Å²) >= 11 is 3.48. The Hall–Kier alpha value is -1.46. The van der Waals surface area contributed by atoms with Gasteiger partial charge in [0.25, 0.3) is 0 Å². The zero-order chi connectivity index (χ0) is 13.3. The third-order valence-corrected chi connectivity index (χ3v) is 3.83. The Kier molecular flexibility index (Phi) is 3.63. The van der Waals surface area contributed by atoms with Gasteiger partial charge in [0, 0.05) is 21.3 Å². The van der Waals surface area contributed by atoms with E-state index in [-0.39, 0.29) is 0 Å². The summed E-state index contributed by atoms with van der Waals surface area (Å²) in [6.07, 6.45) is 0. The van der Waals surface area contributed by atoms with Gasteiger partial charge in [-0.05, 0) is 38.5 Å². The molecule has 0 bridgehead atoms. The summed E-state index contributed by atoms with van der Waals surface area (Å²) in [6.45, 7) is 5.94. The van der Waals surface area contributed by atoms with E-state index in [1.807, 2.05) is 32.9 Å². The van der Waals surface area contributed by atoms with E-state index in [2.05, 4.69) is 37.4 Å². The molecule has 94 valence electrons. The quantitative estimate of drug-likeness (QED) is 0.661. The lowest BCUT2D eigenvalue weighted by Gasteiger charge is -2.10. The van der Waals surface area contributed by atoms with Gasteiger partial charge in [-0.3, -0.25) is 0 Å². The summed E-state index contributed by atoms with van der Waals surface area (Å²) in [7, 11) is 0. The fourth-order valence-corrected chi connectivity index (χ4v) is 1.93. The highest BCUT2D eigenvalue weighted by Crippen LogP contribution is 2.25. The summed E-state index contributed by atoms with van der Waals surface area (Å²) < 4.78 is 1.08. The Bertz CT molecular complexity index is 596. The van der Waals surface area contributed by atoms with Crippen LogP contribution in [0.2, 0.25) is 0 Å². The number of anilines is 1. The van der Waals surface area contributed by atoms with Crippen molar-refractivity contribution in [2.75, 3.05) is 5.43 Å². The first-order chi connectivity index (χ1) is 8.52. The van der Waals surface area contributed by atoms with Crippen molar-refractivity contribution in [3.8, 4) is 11.4 Å². The molecule has 1 aromatic carbocycles. The lowest BCUT2D eigenvalue weighted by molar-refractivity contribution is 1.06. The highest BCUT2D eigenvalue weighted by atomic mass is 79.9. The maximum atomic E-state index is 5.47. The third-order valence-electron chi connectivity index (χ3n) is 2.94. The first-order valence-corrected chi connectivity index (χ1v) is 6.40. The minimum atomic E-state index is 0.665. The summed E-state index contributed by atoms with van der Waals surface area (Å²) in [5, 5.41) is 0. The van der Waals surface area contributed by atoms with Crippen LogP contribution >= 0.6 is 15.9 Å². The zero-order valence-electron chi connectivity index (χ0n) is 10.6. The number of hydrogen-bond acceptors (Lipinski definition) is 4. The molecule has 0 atom stereocenters. The van der Waals surface area contributed by atoms with Crippen LogP contribution in [-0.2, 0) is 0 Å². The van der Waals surface area contributed by atoms with Crippen LogP contribution < -0.4 is 11.3 Å². The standard InChI is InChI=1S/C13H15BrN4/c1-7-6-10(4-5-11(7)14)13-16-9(3)8(2)12(17-13)18-15/h4-6H,15H2,1-3H3,(H,16,17,18). The number of aromatic nitrogens is 2. The largest absolute Gasteiger partial charge is 0.308 e. The number of nitrogens with one attached hydrogen (secondary N) is 1. The topological polar surface area (TPSA) is 63.8 Å². The van der Waals surface area contributed by atoms with Crippen molar-refractivity contribution in [1.82, 2.24) is 9.97 Å². The van der Waals surface area contributed by atoms with Crippen molar-refractivity contribution in [3.05, 3.63) is 39.5 Å². The van der Waals surface area contributed by atoms with Crippen molar-refractivity contribution < 1.29 is 0 Å². The summed E-state index contributed by atoms with van der Waals surface area (Å²) in [5.74, 6) is 6.82. The van der Waals surface area contributed by atoms with Gasteiger partial charge in [0.15, 0.2) is 5.82 Å². The van der Waals surface area contributed by atoms with Gasteiger partial charge in [0.1, 0.15) is 5.82 Å². The maximum absolute atomic E-state index is 5.47. The molecule has 0 spiro atoms. The molecule has 2 rings (SSSR count). The molecule has 0 saturated carbocycles. The van der Waals surface area contributed by atoms with Gasteiger partial charge in [-0.15, -0.1) is 0 Å². The molecule has 4 nitrogen and oxygen atoms in total. The summed E-state index contributed by atoms with van der Waals surface area (Å²) in [6, 6.07) is 6.04. The smallest absolute Gasteiger partial charge is 0.161 e. The monoisotopic (exact) mass is 306 g/mol. The van der Waals surface area contributed by atoms with Crippen molar-refractivity contribution in [3.63, 3.8) is 0 Å². The van der Waals surface area contributed by atoms with E-state index >= 15 is 0 Å². The number of rotatable bonds is 2. The number of hydrogen-bond donors (Lipinski definition) is 2. The molecule has 0 aliphatic heterocycles. The summed E-state index contributed by atoms with van der Waals surface area (Å²) in [5.41, 5.74) is 6.64. The molecule has 0 amide bonds. The van der Waals surface area contributed by atoms with Crippen LogP contribution in [-0.4, -0.2) is 9.97 Å². The van der Waals surface area contributed by atoms with Gasteiger partial charge in [-0.2, -0.15) is 0 Å². The average molecular weight is 307 g/mol. The van der Waals surface area contributed by atoms with E-state index in [4.69, 9.17) is 5.84 Å². The van der Waals surface area contributed by atoms with E-state index in [1.54, 1.807) is 0 Å². The Morgan fingerprint density at radius 3 is 2.50 bits per heavy atom. The van der Waals surface area contributed by atoms with Crippen LogP contribution in [0.5, 0.6) is 0 Å². The highest BCUT2D eigenvalue weighted by Gasteiger charge is 2.09. The molecule has 18 heavy (non-hydrogen) atoms. The second kappa shape index (κ2) is 5.04. The van der Waals surface area contributed by atoms with Crippen LogP contribution in [0.4, 0.5) is 5.82 Å². The molecule has 2 aromatic rings. The first-order valence-electron chi connectivity index (χ1n) is 5.61. The van der Waals surface area contributed by atoms with Crippen LogP contribution in [0.15, 0.2) is 22.7 Å². The number of hydrazine groups is 1.